The molecule has 0 radical (unpaired) electrons. The van der Waals surface area contributed by atoms with Gasteiger partial charge >= 0.3 is 0 Å². The topological polar surface area (TPSA) is 67.6 Å². The van der Waals surface area contributed by atoms with Gasteiger partial charge in [-0.15, -0.1) is 0 Å². The van der Waals surface area contributed by atoms with E-state index in [2.05, 4.69) is 17.0 Å². The van der Waals surface area contributed by atoms with Crippen molar-refractivity contribution in [3.05, 3.63) is 46.5 Å². The average molecular weight is 414 g/mol. The molecule has 0 spiro atoms. The van der Waals surface area contributed by atoms with E-state index in [1.165, 1.54) is 6.33 Å². The third kappa shape index (κ3) is 3.72. The van der Waals surface area contributed by atoms with Gasteiger partial charge < -0.3 is 18.9 Å². The molecule has 3 unspecified atom stereocenters. The lowest BCUT2D eigenvalue weighted by molar-refractivity contribution is -0.266. The van der Waals surface area contributed by atoms with Crippen LogP contribution in [0.4, 0.5) is 0 Å². The van der Waals surface area contributed by atoms with E-state index in [1.54, 1.807) is 23.1 Å². The Balaban J connectivity index is 1.79. The van der Waals surface area contributed by atoms with Crippen LogP contribution >= 0.6 is 23.2 Å². The Bertz CT molecular complexity index is 770. The van der Waals surface area contributed by atoms with Crippen molar-refractivity contribution >= 4 is 23.2 Å². The predicted octanol–water partition coefficient (Wildman–Crippen LogP) is 3.25. The van der Waals surface area contributed by atoms with Gasteiger partial charge in [-0.25, -0.2) is 4.98 Å². The lowest BCUT2D eigenvalue weighted by Gasteiger charge is -2.39. The smallest absolute Gasteiger partial charge is 0.206 e. The highest BCUT2D eigenvalue weighted by Crippen LogP contribution is 2.47. The molecule has 7 nitrogen and oxygen atoms in total. The molecule has 0 bridgehead atoms. The molecule has 2 fully saturated rings. The van der Waals surface area contributed by atoms with Crippen LogP contribution in [0.3, 0.4) is 0 Å². The van der Waals surface area contributed by atoms with Crippen molar-refractivity contribution in [2.45, 2.75) is 38.1 Å². The highest BCUT2D eigenvalue weighted by atomic mass is 35.5. The molecule has 0 N–H and O–H groups in total. The van der Waals surface area contributed by atoms with Crippen LogP contribution in [0.1, 0.15) is 18.9 Å². The first-order valence-electron chi connectivity index (χ1n) is 8.95. The SMILES string of the molecule is CCC1COC(c2ccc(Cl)cc2Cl)(C(Cn2cncn2)C2OCCO2)O1. The normalized spacial score (nSPS) is 27.3. The largest absolute Gasteiger partial charge is 0.350 e. The molecule has 27 heavy (non-hydrogen) atoms. The predicted molar refractivity (Wildman–Crippen MR) is 98.5 cm³/mol. The van der Waals surface area contributed by atoms with Gasteiger partial charge in [0.05, 0.1) is 43.4 Å². The van der Waals surface area contributed by atoms with Crippen LogP contribution in [0.5, 0.6) is 0 Å². The quantitative estimate of drug-likeness (QED) is 0.723. The van der Waals surface area contributed by atoms with E-state index in [0.717, 1.165) is 6.42 Å². The molecule has 4 rings (SSSR count). The monoisotopic (exact) mass is 413 g/mol. The van der Waals surface area contributed by atoms with E-state index in [0.29, 0.717) is 42.0 Å². The second kappa shape index (κ2) is 8.03. The van der Waals surface area contributed by atoms with Crippen LogP contribution in [0.15, 0.2) is 30.9 Å². The van der Waals surface area contributed by atoms with Crippen molar-refractivity contribution < 1.29 is 18.9 Å². The lowest BCUT2D eigenvalue weighted by atomic mass is 9.90. The highest BCUT2D eigenvalue weighted by molar-refractivity contribution is 6.35. The lowest BCUT2D eigenvalue weighted by Crippen LogP contribution is -2.46. The third-order valence-electron chi connectivity index (χ3n) is 4.90. The first kappa shape index (κ1) is 19.1. The molecule has 3 heterocycles. The van der Waals surface area contributed by atoms with E-state index in [1.807, 2.05) is 6.07 Å². The minimum Gasteiger partial charge on any atom is -0.350 e. The fourth-order valence-corrected chi connectivity index (χ4v) is 4.10. The molecular weight excluding hydrogens is 393 g/mol. The number of hydrogen-bond donors (Lipinski definition) is 0. The summed E-state index contributed by atoms with van der Waals surface area (Å²) >= 11 is 12.7. The van der Waals surface area contributed by atoms with Crippen molar-refractivity contribution in [1.82, 2.24) is 14.8 Å². The summed E-state index contributed by atoms with van der Waals surface area (Å²) in [6, 6.07) is 5.31. The Hall–Kier alpha value is -1.22. The van der Waals surface area contributed by atoms with Crippen molar-refractivity contribution in [3.8, 4) is 0 Å². The Morgan fingerprint density at radius 2 is 2.11 bits per heavy atom. The Kier molecular flexibility index (Phi) is 5.68. The number of benzene rings is 1. The van der Waals surface area contributed by atoms with E-state index in [9.17, 15) is 0 Å². The molecular formula is C18H21Cl2N3O4. The highest BCUT2D eigenvalue weighted by Gasteiger charge is 2.54. The van der Waals surface area contributed by atoms with Crippen LogP contribution in [0.2, 0.25) is 10.0 Å². The van der Waals surface area contributed by atoms with E-state index < -0.39 is 12.1 Å². The average Bonchev–Trinajstić information content (AvgIpc) is 3.41. The molecule has 2 saturated heterocycles. The Morgan fingerprint density at radius 1 is 1.30 bits per heavy atom. The van der Waals surface area contributed by atoms with Crippen LogP contribution in [0, 0.1) is 5.92 Å². The third-order valence-corrected chi connectivity index (χ3v) is 5.45. The van der Waals surface area contributed by atoms with Crippen molar-refractivity contribution in [2.24, 2.45) is 5.92 Å². The first-order chi connectivity index (χ1) is 13.1. The molecule has 1 aromatic heterocycles. The summed E-state index contributed by atoms with van der Waals surface area (Å²) in [5.41, 5.74) is 0.703. The number of rotatable bonds is 6. The molecule has 2 aromatic rings. The number of aromatic nitrogens is 3. The minimum atomic E-state index is -1.14. The van der Waals surface area contributed by atoms with Gasteiger partial charge in [-0.3, -0.25) is 4.68 Å². The van der Waals surface area contributed by atoms with E-state index >= 15 is 0 Å². The number of hydrogen-bond acceptors (Lipinski definition) is 6. The summed E-state index contributed by atoms with van der Waals surface area (Å²) in [7, 11) is 0. The van der Waals surface area contributed by atoms with Crippen LogP contribution < -0.4 is 0 Å². The molecule has 3 atom stereocenters. The maximum atomic E-state index is 6.56. The van der Waals surface area contributed by atoms with Gasteiger partial charge in [0.15, 0.2) is 6.29 Å². The minimum absolute atomic E-state index is 0.0589. The van der Waals surface area contributed by atoms with Crippen molar-refractivity contribution in [2.75, 3.05) is 19.8 Å². The van der Waals surface area contributed by atoms with Crippen molar-refractivity contribution in [3.63, 3.8) is 0 Å². The fourth-order valence-electron chi connectivity index (χ4n) is 3.56. The molecule has 146 valence electrons. The number of halogens is 2. The summed E-state index contributed by atoms with van der Waals surface area (Å²) < 4.78 is 26.2. The molecule has 0 aliphatic carbocycles. The van der Waals surface area contributed by atoms with Gasteiger partial charge in [0.2, 0.25) is 5.79 Å². The first-order valence-corrected chi connectivity index (χ1v) is 9.71. The number of nitrogens with zero attached hydrogens (tertiary/aromatic N) is 3. The fraction of sp³-hybridized carbons (Fsp3) is 0.556. The van der Waals surface area contributed by atoms with E-state index in [-0.39, 0.29) is 12.0 Å². The summed E-state index contributed by atoms with van der Waals surface area (Å²) in [4.78, 5) is 4.03. The summed E-state index contributed by atoms with van der Waals surface area (Å²) in [6.07, 6.45) is 3.37. The number of ether oxygens (including phenoxy) is 4. The zero-order valence-electron chi connectivity index (χ0n) is 14.9. The summed E-state index contributed by atoms with van der Waals surface area (Å²) in [6.45, 7) is 3.97. The maximum Gasteiger partial charge on any atom is 0.206 e. The Labute approximate surface area is 167 Å². The zero-order valence-corrected chi connectivity index (χ0v) is 16.4. The molecule has 2 aliphatic heterocycles. The van der Waals surface area contributed by atoms with Crippen molar-refractivity contribution in [1.29, 1.82) is 0 Å². The molecule has 0 saturated carbocycles. The van der Waals surface area contributed by atoms with Crippen LogP contribution in [0.25, 0.3) is 0 Å². The maximum absolute atomic E-state index is 6.56. The standard InChI is InChI=1S/C18H21Cl2N3O4/c1-2-13-9-26-18(27-13,14-4-3-12(19)7-16(14)20)15(17-24-5-6-25-17)8-23-11-21-10-22-23/h3-4,7,10-11,13,15,17H,2,5-6,8-9H2,1H3. The van der Waals surface area contributed by atoms with Crippen LogP contribution in [-0.2, 0) is 31.3 Å². The van der Waals surface area contributed by atoms with Gasteiger partial charge in [-0.05, 0) is 18.6 Å². The molecule has 0 amide bonds. The van der Waals surface area contributed by atoms with Gasteiger partial charge in [-0.2, -0.15) is 5.10 Å². The van der Waals surface area contributed by atoms with Gasteiger partial charge in [-0.1, -0.05) is 36.2 Å². The van der Waals surface area contributed by atoms with Gasteiger partial charge in [0, 0.05) is 10.6 Å². The van der Waals surface area contributed by atoms with E-state index in [4.69, 9.17) is 42.1 Å². The van der Waals surface area contributed by atoms with Gasteiger partial charge in [0.25, 0.3) is 0 Å². The molecule has 2 aliphatic rings. The second-order valence-electron chi connectivity index (χ2n) is 6.58. The summed E-state index contributed by atoms with van der Waals surface area (Å²) in [5, 5.41) is 5.25. The summed E-state index contributed by atoms with van der Waals surface area (Å²) in [5.74, 6) is -1.49. The zero-order chi connectivity index (χ0) is 18.9. The van der Waals surface area contributed by atoms with Gasteiger partial charge in [0.1, 0.15) is 12.7 Å². The van der Waals surface area contributed by atoms with Crippen LogP contribution in [-0.4, -0.2) is 47.0 Å². The second-order valence-corrected chi connectivity index (χ2v) is 7.43. The molecule has 1 aromatic carbocycles. The molecule has 9 heteroatoms. The Morgan fingerprint density at radius 3 is 2.74 bits per heavy atom.